The van der Waals surface area contributed by atoms with Gasteiger partial charge in [0.05, 0.1) is 0 Å². The predicted molar refractivity (Wildman–Crippen MR) is 97.1 cm³/mol. The molecule has 0 saturated carbocycles. The first-order valence-corrected chi connectivity index (χ1v) is 8.75. The first kappa shape index (κ1) is 21.4. The second-order valence-electron chi connectivity index (χ2n) is 5.44. The number of allylic oxidation sites excluding steroid dienone is 8. The Morgan fingerprint density at radius 3 is 1.74 bits per heavy atom. The van der Waals surface area contributed by atoms with Crippen LogP contribution in [-0.4, -0.2) is 11.2 Å². The SMILES string of the molecule is CCCCCC=CCC=CCC=CCC=CCCCC(=O)OO. The zero-order chi connectivity index (χ0) is 17.0. The van der Waals surface area contributed by atoms with Gasteiger partial charge < -0.3 is 4.89 Å². The van der Waals surface area contributed by atoms with Crippen molar-refractivity contribution in [1.29, 1.82) is 0 Å². The van der Waals surface area contributed by atoms with Gasteiger partial charge in [-0.2, -0.15) is 5.26 Å². The monoisotopic (exact) mass is 320 g/mol. The molecule has 23 heavy (non-hydrogen) atoms. The minimum Gasteiger partial charge on any atom is -0.301 e. The van der Waals surface area contributed by atoms with E-state index in [1.165, 1.54) is 25.7 Å². The third-order valence-electron chi connectivity index (χ3n) is 3.31. The lowest BCUT2D eigenvalue weighted by atomic mass is 10.2. The van der Waals surface area contributed by atoms with Crippen molar-refractivity contribution in [3.05, 3.63) is 48.6 Å². The molecule has 0 amide bonds. The van der Waals surface area contributed by atoms with Gasteiger partial charge in [-0.1, -0.05) is 68.4 Å². The number of hydrogen-bond acceptors (Lipinski definition) is 3. The Morgan fingerprint density at radius 1 is 0.783 bits per heavy atom. The molecule has 0 rings (SSSR count). The van der Waals surface area contributed by atoms with Crippen LogP contribution < -0.4 is 0 Å². The molecule has 0 aromatic carbocycles. The second kappa shape index (κ2) is 18.4. The van der Waals surface area contributed by atoms with Crippen LogP contribution in [0.25, 0.3) is 0 Å². The van der Waals surface area contributed by atoms with Gasteiger partial charge in [0.2, 0.25) is 0 Å². The van der Waals surface area contributed by atoms with Crippen molar-refractivity contribution >= 4 is 5.97 Å². The summed E-state index contributed by atoms with van der Waals surface area (Å²) in [6.45, 7) is 2.23. The maximum absolute atomic E-state index is 10.7. The maximum atomic E-state index is 10.7. The molecule has 0 aromatic heterocycles. The van der Waals surface area contributed by atoms with Crippen LogP contribution in [0.4, 0.5) is 0 Å². The molecule has 0 spiro atoms. The van der Waals surface area contributed by atoms with Gasteiger partial charge in [-0.25, -0.2) is 4.79 Å². The van der Waals surface area contributed by atoms with Crippen LogP contribution in [0, 0.1) is 0 Å². The fourth-order valence-corrected chi connectivity index (χ4v) is 1.97. The van der Waals surface area contributed by atoms with Gasteiger partial charge >= 0.3 is 5.97 Å². The third-order valence-corrected chi connectivity index (χ3v) is 3.31. The lowest BCUT2D eigenvalue weighted by Crippen LogP contribution is -1.99. The summed E-state index contributed by atoms with van der Waals surface area (Å²) in [5, 5.41) is 8.08. The second-order valence-corrected chi connectivity index (χ2v) is 5.44. The van der Waals surface area contributed by atoms with Gasteiger partial charge in [-0.15, -0.1) is 0 Å². The van der Waals surface area contributed by atoms with Crippen LogP contribution in [0.15, 0.2) is 48.6 Å². The summed E-state index contributed by atoms with van der Waals surface area (Å²) in [5.74, 6) is -0.569. The van der Waals surface area contributed by atoms with Gasteiger partial charge in [0.15, 0.2) is 0 Å². The summed E-state index contributed by atoms with van der Waals surface area (Å²) in [6.07, 6.45) is 27.2. The molecule has 0 fully saturated rings. The molecule has 0 atom stereocenters. The number of rotatable bonds is 14. The summed E-state index contributed by atoms with van der Waals surface area (Å²) < 4.78 is 0. The van der Waals surface area contributed by atoms with E-state index in [9.17, 15) is 4.79 Å². The molecular formula is C20H32O3. The summed E-state index contributed by atoms with van der Waals surface area (Å²) in [7, 11) is 0. The molecule has 130 valence electrons. The van der Waals surface area contributed by atoms with E-state index in [1.54, 1.807) is 0 Å². The van der Waals surface area contributed by atoms with E-state index >= 15 is 0 Å². The maximum Gasteiger partial charge on any atom is 0.342 e. The lowest BCUT2D eigenvalue weighted by molar-refractivity contribution is -0.234. The van der Waals surface area contributed by atoms with Crippen LogP contribution in [0.2, 0.25) is 0 Å². The molecule has 0 saturated heterocycles. The molecule has 0 radical (unpaired) electrons. The van der Waals surface area contributed by atoms with Crippen LogP contribution in [0.3, 0.4) is 0 Å². The minimum absolute atomic E-state index is 0.258. The molecule has 0 aliphatic heterocycles. The first-order chi connectivity index (χ1) is 11.3. The van der Waals surface area contributed by atoms with Crippen LogP contribution in [0.5, 0.6) is 0 Å². The van der Waals surface area contributed by atoms with Crippen molar-refractivity contribution in [3.8, 4) is 0 Å². The topological polar surface area (TPSA) is 46.5 Å². The summed E-state index contributed by atoms with van der Waals surface area (Å²) in [4.78, 5) is 14.2. The molecule has 0 bridgehead atoms. The van der Waals surface area contributed by atoms with Crippen LogP contribution >= 0.6 is 0 Å². The van der Waals surface area contributed by atoms with Crippen LogP contribution in [-0.2, 0) is 9.68 Å². The first-order valence-electron chi connectivity index (χ1n) is 8.75. The minimum atomic E-state index is -0.569. The molecule has 0 aromatic rings. The van der Waals surface area contributed by atoms with E-state index in [-0.39, 0.29) is 6.42 Å². The highest BCUT2D eigenvalue weighted by atomic mass is 17.1. The van der Waals surface area contributed by atoms with E-state index in [0.717, 1.165) is 25.7 Å². The molecule has 0 aliphatic carbocycles. The average molecular weight is 320 g/mol. The lowest BCUT2D eigenvalue weighted by Gasteiger charge is -1.93. The highest BCUT2D eigenvalue weighted by Gasteiger charge is 1.98. The Kier molecular flexibility index (Phi) is 17.1. The zero-order valence-electron chi connectivity index (χ0n) is 14.5. The van der Waals surface area contributed by atoms with Crippen molar-refractivity contribution in [1.82, 2.24) is 0 Å². The quantitative estimate of drug-likeness (QED) is 0.181. The molecule has 0 heterocycles. The van der Waals surface area contributed by atoms with Crippen molar-refractivity contribution in [2.75, 3.05) is 0 Å². The molecular weight excluding hydrogens is 288 g/mol. The highest BCUT2D eigenvalue weighted by molar-refractivity contribution is 5.68. The van der Waals surface area contributed by atoms with E-state index in [0.29, 0.717) is 6.42 Å². The zero-order valence-corrected chi connectivity index (χ0v) is 14.5. The van der Waals surface area contributed by atoms with Gasteiger partial charge in [-0.3, -0.25) is 0 Å². The van der Waals surface area contributed by atoms with Gasteiger partial charge in [0.25, 0.3) is 0 Å². The number of carbonyl (C=O) groups is 1. The summed E-state index contributed by atoms with van der Waals surface area (Å²) >= 11 is 0. The fraction of sp³-hybridized carbons (Fsp3) is 0.550. The molecule has 0 aliphatic rings. The van der Waals surface area contributed by atoms with Crippen molar-refractivity contribution in [2.45, 2.75) is 71.1 Å². The number of hydrogen-bond donors (Lipinski definition) is 1. The Morgan fingerprint density at radius 2 is 1.26 bits per heavy atom. The molecule has 1 N–H and O–H groups in total. The smallest absolute Gasteiger partial charge is 0.301 e. The van der Waals surface area contributed by atoms with Gasteiger partial charge in [0.1, 0.15) is 0 Å². The molecule has 0 unspecified atom stereocenters. The van der Waals surface area contributed by atoms with Crippen molar-refractivity contribution in [3.63, 3.8) is 0 Å². The summed E-state index contributed by atoms with van der Waals surface area (Å²) in [5.41, 5.74) is 0. The predicted octanol–water partition coefficient (Wildman–Crippen LogP) is 6.15. The van der Waals surface area contributed by atoms with Gasteiger partial charge in [0, 0.05) is 6.42 Å². The van der Waals surface area contributed by atoms with Crippen LogP contribution in [0.1, 0.15) is 71.1 Å². The Balaban J connectivity index is 3.42. The Hall–Kier alpha value is -1.61. The van der Waals surface area contributed by atoms with E-state index < -0.39 is 5.97 Å². The normalized spacial score (nSPS) is 12.3. The van der Waals surface area contributed by atoms with Crippen molar-refractivity contribution < 1.29 is 14.9 Å². The number of unbranched alkanes of at least 4 members (excludes halogenated alkanes) is 4. The van der Waals surface area contributed by atoms with E-state index in [2.05, 4.69) is 54.3 Å². The van der Waals surface area contributed by atoms with Crippen molar-refractivity contribution in [2.24, 2.45) is 0 Å². The number of carbonyl (C=O) groups excluding carboxylic acids is 1. The molecule has 3 nitrogen and oxygen atoms in total. The van der Waals surface area contributed by atoms with E-state index in [4.69, 9.17) is 5.26 Å². The third kappa shape index (κ3) is 18.3. The average Bonchev–Trinajstić information content (AvgIpc) is 2.57. The van der Waals surface area contributed by atoms with E-state index in [1.807, 2.05) is 6.08 Å². The molecule has 3 heteroatoms. The largest absolute Gasteiger partial charge is 0.342 e. The van der Waals surface area contributed by atoms with Gasteiger partial charge in [-0.05, 0) is 44.9 Å². The summed E-state index contributed by atoms with van der Waals surface area (Å²) in [6, 6.07) is 0. The Bertz CT molecular complexity index is 378. The fourth-order valence-electron chi connectivity index (χ4n) is 1.97. The Labute approximate surface area is 141 Å². The highest BCUT2D eigenvalue weighted by Crippen LogP contribution is 2.01. The standard InChI is InChI=1S/C20H32O3/c1-2-3-4-5-6-7-8-9-10-11-12-13-14-15-16-17-18-19-20(21)23-22/h6-7,9-10,12-13,15-16,22H,2-5,8,11,14,17-19H2,1H3.